The third kappa shape index (κ3) is 2.86. The van der Waals surface area contributed by atoms with Crippen molar-refractivity contribution >= 4 is 49.6 Å². The first kappa shape index (κ1) is 15.1. The topological polar surface area (TPSA) is 55.1 Å². The highest BCUT2D eigenvalue weighted by molar-refractivity contribution is 9.10. The maximum absolute atomic E-state index is 12.4. The van der Waals surface area contributed by atoms with E-state index >= 15 is 0 Å². The highest BCUT2D eigenvalue weighted by atomic mass is 79.9. The molecule has 6 heteroatoms. The first-order chi connectivity index (χ1) is 11.7. The highest BCUT2D eigenvalue weighted by Gasteiger charge is 2.14. The molecule has 0 bridgehead atoms. The van der Waals surface area contributed by atoms with Gasteiger partial charge in [-0.25, -0.2) is 0 Å². The molecule has 0 atom stereocenters. The number of anilines is 1. The highest BCUT2D eigenvalue weighted by Crippen LogP contribution is 2.27. The zero-order valence-electron chi connectivity index (χ0n) is 12.3. The van der Waals surface area contributed by atoms with E-state index in [4.69, 9.17) is 4.52 Å². The van der Waals surface area contributed by atoms with E-state index in [0.29, 0.717) is 11.4 Å². The van der Waals surface area contributed by atoms with Gasteiger partial charge in [0.2, 0.25) is 0 Å². The summed E-state index contributed by atoms with van der Waals surface area (Å²) in [4.78, 5) is 13.3. The van der Waals surface area contributed by atoms with E-state index in [1.165, 1.54) is 11.3 Å². The van der Waals surface area contributed by atoms with Crippen molar-refractivity contribution in [2.45, 2.75) is 0 Å². The minimum Gasteiger partial charge on any atom is -0.355 e. The molecule has 2 heterocycles. The second-order valence-electron chi connectivity index (χ2n) is 5.18. The summed E-state index contributed by atoms with van der Waals surface area (Å²) in [6.45, 7) is 0. The molecule has 0 radical (unpaired) electrons. The number of hydrogen-bond donors (Lipinski definition) is 1. The standard InChI is InChI=1S/C18H11BrN2O2S/c19-14-4-1-3-11-9-12(6-7-13(11)14)20-18(22)15-10-16(23-21-15)17-5-2-8-24-17/h1-10H,(H,20,22). The average molecular weight is 399 g/mol. The van der Waals surface area contributed by atoms with E-state index in [2.05, 4.69) is 26.4 Å². The number of aromatic nitrogens is 1. The molecule has 2 aromatic heterocycles. The summed E-state index contributed by atoms with van der Waals surface area (Å²) < 4.78 is 6.27. The predicted octanol–water partition coefficient (Wildman–Crippen LogP) is 5.57. The summed E-state index contributed by atoms with van der Waals surface area (Å²) in [5.41, 5.74) is 0.971. The number of carbonyl (C=O) groups excluding carboxylic acids is 1. The number of nitrogens with zero attached hydrogens (tertiary/aromatic N) is 1. The van der Waals surface area contributed by atoms with Crippen molar-refractivity contribution in [3.63, 3.8) is 0 Å². The largest absolute Gasteiger partial charge is 0.355 e. The maximum Gasteiger partial charge on any atom is 0.277 e. The number of fused-ring (bicyclic) bond motifs is 1. The second kappa shape index (κ2) is 6.22. The predicted molar refractivity (Wildman–Crippen MR) is 99.4 cm³/mol. The molecule has 0 fully saturated rings. The van der Waals surface area contributed by atoms with Gasteiger partial charge >= 0.3 is 0 Å². The molecular formula is C18H11BrN2O2S. The molecule has 24 heavy (non-hydrogen) atoms. The van der Waals surface area contributed by atoms with Crippen LogP contribution < -0.4 is 5.32 Å². The first-order valence-electron chi connectivity index (χ1n) is 7.21. The fourth-order valence-corrected chi connectivity index (χ4v) is 3.62. The monoisotopic (exact) mass is 398 g/mol. The Hall–Kier alpha value is -2.44. The number of carbonyl (C=O) groups is 1. The van der Waals surface area contributed by atoms with Gasteiger partial charge in [0, 0.05) is 16.2 Å². The van der Waals surface area contributed by atoms with Crippen molar-refractivity contribution in [1.82, 2.24) is 5.16 Å². The van der Waals surface area contributed by atoms with Gasteiger partial charge in [-0.3, -0.25) is 4.79 Å². The molecule has 0 aliphatic heterocycles. The Labute approximate surface area is 150 Å². The van der Waals surface area contributed by atoms with Crippen molar-refractivity contribution in [2.75, 3.05) is 5.32 Å². The Kier molecular flexibility index (Phi) is 3.92. The van der Waals surface area contributed by atoms with Crippen LogP contribution in [0, 0.1) is 0 Å². The molecule has 0 aliphatic carbocycles. The lowest BCUT2D eigenvalue weighted by Crippen LogP contribution is -2.12. The van der Waals surface area contributed by atoms with Gasteiger partial charge in [0.15, 0.2) is 11.5 Å². The van der Waals surface area contributed by atoms with Gasteiger partial charge in [-0.15, -0.1) is 11.3 Å². The zero-order valence-corrected chi connectivity index (χ0v) is 14.7. The Balaban J connectivity index is 1.58. The van der Waals surface area contributed by atoms with Crippen LogP contribution >= 0.6 is 27.3 Å². The van der Waals surface area contributed by atoms with Crippen molar-refractivity contribution in [2.24, 2.45) is 0 Å². The summed E-state index contributed by atoms with van der Waals surface area (Å²) in [5, 5.41) is 10.8. The van der Waals surface area contributed by atoms with Crippen molar-refractivity contribution in [3.05, 3.63) is 70.1 Å². The molecule has 0 spiro atoms. The molecule has 2 aromatic carbocycles. The van der Waals surface area contributed by atoms with Crippen LogP contribution in [-0.4, -0.2) is 11.1 Å². The lowest BCUT2D eigenvalue weighted by atomic mass is 10.1. The first-order valence-corrected chi connectivity index (χ1v) is 8.88. The number of benzene rings is 2. The van der Waals surface area contributed by atoms with E-state index in [0.717, 1.165) is 20.1 Å². The second-order valence-corrected chi connectivity index (χ2v) is 6.99. The number of nitrogens with one attached hydrogen (secondary N) is 1. The quantitative estimate of drug-likeness (QED) is 0.490. The molecule has 1 amide bonds. The van der Waals surface area contributed by atoms with Gasteiger partial charge in [-0.2, -0.15) is 0 Å². The summed E-state index contributed by atoms with van der Waals surface area (Å²) in [6.07, 6.45) is 0. The number of halogens is 1. The molecule has 4 nitrogen and oxygen atoms in total. The van der Waals surface area contributed by atoms with Gasteiger partial charge in [-0.1, -0.05) is 45.4 Å². The van der Waals surface area contributed by atoms with Crippen LogP contribution in [0.1, 0.15) is 10.5 Å². The molecule has 1 N–H and O–H groups in total. The number of hydrogen-bond acceptors (Lipinski definition) is 4. The van der Waals surface area contributed by atoms with Crippen LogP contribution in [0.2, 0.25) is 0 Å². The van der Waals surface area contributed by atoms with Gasteiger partial charge < -0.3 is 9.84 Å². The number of amides is 1. The van der Waals surface area contributed by atoms with Crippen LogP contribution in [0.15, 0.2) is 69.0 Å². The van der Waals surface area contributed by atoms with Gasteiger partial charge in [-0.05, 0) is 40.4 Å². The van der Waals surface area contributed by atoms with Gasteiger partial charge in [0.1, 0.15) is 0 Å². The Morgan fingerprint density at radius 1 is 1.12 bits per heavy atom. The zero-order chi connectivity index (χ0) is 16.5. The van der Waals surface area contributed by atoms with E-state index in [9.17, 15) is 4.79 Å². The molecule has 4 aromatic rings. The van der Waals surface area contributed by atoms with Gasteiger partial charge in [0.25, 0.3) is 5.91 Å². The van der Waals surface area contributed by atoms with E-state index in [1.54, 1.807) is 6.07 Å². The summed E-state index contributed by atoms with van der Waals surface area (Å²) in [6, 6.07) is 17.2. The lowest BCUT2D eigenvalue weighted by Gasteiger charge is -2.06. The van der Waals surface area contributed by atoms with Crippen LogP contribution in [-0.2, 0) is 0 Å². The fraction of sp³-hybridized carbons (Fsp3) is 0. The molecule has 0 aliphatic rings. The maximum atomic E-state index is 12.4. The van der Waals surface area contributed by atoms with Crippen molar-refractivity contribution in [1.29, 1.82) is 0 Å². The SMILES string of the molecule is O=C(Nc1ccc2c(Br)cccc2c1)c1cc(-c2cccs2)on1. The average Bonchev–Trinajstić information content (AvgIpc) is 3.26. The van der Waals surface area contributed by atoms with Crippen molar-refractivity contribution < 1.29 is 9.32 Å². The van der Waals surface area contributed by atoms with Crippen LogP contribution in [0.25, 0.3) is 21.4 Å². The van der Waals surface area contributed by atoms with Crippen LogP contribution in [0.3, 0.4) is 0 Å². The Bertz CT molecular complexity index is 1020. The molecule has 0 saturated carbocycles. The normalized spacial score (nSPS) is 10.9. The van der Waals surface area contributed by atoms with Crippen molar-refractivity contribution in [3.8, 4) is 10.6 Å². The lowest BCUT2D eigenvalue weighted by molar-refractivity contribution is 0.101. The Morgan fingerprint density at radius 2 is 2.04 bits per heavy atom. The number of thiophene rings is 1. The smallest absolute Gasteiger partial charge is 0.277 e. The van der Waals surface area contributed by atoms with Crippen LogP contribution in [0.5, 0.6) is 0 Å². The van der Waals surface area contributed by atoms with E-state index < -0.39 is 0 Å². The van der Waals surface area contributed by atoms with E-state index in [-0.39, 0.29) is 11.6 Å². The number of rotatable bonds is 3. The molecule has 118 valence electrons. The fourth-order valence-electron chi connectivity index (χ4n) is 2.43. The third-order valence-electron chi connectivity index (χ3n) is 3.59. The molecular weight excluding hydrogens is 388 g/mol. The minimum absolute atomic E-state index is 0.257. The molecule has 4 rings (SSSR count). The Morgan fingerprint density at radius 3 is 2.88 bits per heavy atom. The van der Waals surface area contributed by atoms with Crippen LogP contribution in [0.4, 0.5) is 5.69 Å². The minimum atomic E-state index is -0.295. The molecule has 0 unspecified atom stereocenters. The van der Waals surface area contributed by atoms with Gasteiger partial charge in [0.05, 0.1) is 4.88 Å². The summed E-state index contributed by atoms with van der Waals surface area (Å²) in [7, 11) is 0. The molecule has 0 saturated heterocycles. The summed E-state index contributed by atoms with van der Waals surface area (Å²) in [5.74, 6) is 0.300. The van der Waals surface area contributed by atoms with E-state index in [1.807, 2.05) is 53.9 Å². The summed E-state index contributed by atoms with van der Waals surface area (Å²) >= 11 is 5.06. The third-order valence-corrected chi connectivity index (χ3v) is 5.17.